The van der Waals surface area contributed by atoms with Crippen molar-refractivity contribution in [1.29, 1.82) is 0 Å². The lowest BCUT2D eigenvalue weighted by molar-refractivity contribution is 0.133. The summed E-state index contributed by atoms with van der Waals surface area (Å²) in [6.45, 7) is 4.35. The van der Waals surface area contributed by atoms with Crippen molar-refractivity contribution in [2.24, 2.45) is 11.8 Å². The van der Waals surface area contributed by atoms with Crippen LogP contribution in [0.1, 0.15) is 46.0 Å². The van der Waals surface area contributed by atoms with E-state index >= 15 is 0 Å². The van der Waals surface area contributed by atoms with Crippen LogP contribution >= 0.6 is 0 Å². The maximum absolute atomic E-state index is 11.2. The largest absolute Gasteiger partial charge is 0.393 e. The van der Waals surface area contributed by atoms with Crippen LogP contribution in [0.15, 0.2) is 0 Å². The van der Waals surface area contributed by atoms with Crippen LogP contribution in [0.3, 0.4) is 0 Å². The molecule has 0 spiro atoms. The number of hydrogen-bond acceptors (Lipinski definition) is 3. The summed E-state index contributed by atoms with van der Waals surface area (Å²) in [5.41, 5.74) is 0. The lowest BCUT2D eigenvalue weighted by Crippen LogP contribution is -2.15. The van der Waals surface area contributed by atoms with E-state index in [0.717, 1.165) is 25.7 Å². The summed E-state index contributed by atoms with van der Waals surface area (Å²) in [6, 6.07) is 0. The molecule has 2 atom stereocenters. The van der Waals surface area contributed by atoms with Crippen LogP contribution in [0.5, 0.6) is 0 Å². The Balaban J connectivity index is 2.17. The fourth-order valence-electron chi connectivity index (χ4n) is 2.32. The number of aliphatic hydroxyl groups is 1. The van der Waals surface area contributed by atoms with Gasteiger partial charge in [-0.2, -0.15) is 0 Å². The maximum Gasteiger partial charge on any atom is 0.150 e. The third-order valence-corrected chi connectivity index (χ3v) is 5.09. The van der Waals surface area contributed by atoms with Crippen molar-refractivity contribution < 1.29 is 13.5 Å². The Kier molecular flexibility index (Phi) is 5.25. The van der Waals surface area contributed by atoms with E-state index in [9.17, 15) is 13.5 Å². The van der Waals surface area contributed by atoms with Gasteiger partial charge >= 0.3 is 0 Å². The van der Waals surface area contributed by atoms with Gasteiger partial charge in [0.2, 0.25) is 0 Å². The molecule has 0 radical (unpaired) electrons. The van der Waals surface area contributed by atoms with Gasteiger partial charge in [-0.15, -0.1) is 0 Å². The Hall–Kier alpha value is -0.0900. The molecule has 4 heteroatoms. The molecular formula is C12H24O3S. The Bertz CT molecular complexity index is 295. The van der Waals surface area contributed by atoms with E-state index in [1.165, 1.54) is 0 Å². The standard InChI is InChI=1S/C12H24O3S/c1-10(2)4-3-5-12(13)8-11-6-7-16(14,15)9-11/h10-13H,3-9H2,1-2H3. The molecule has 3 nitrogen and oxygen atoms in total. The topological polar surface area (TPSA) is 54.4 Å². The Morgan fingerprint density at radius 1 is 1.31 bits per heavy atom. The second kappa shape index (κ2) is 6.01. The number of sulfone groups is 1. The zero-order valence-corrected chi connectivity index (χ0v) is 11.2. The second-order valence-corrected chi connectivity index (χ2v) is 7.71. The summed E-state index contributed by atoms with van der Waals surface area (Å²) in [4.78, 5) is 0. The molecule has 1 saturated heterocycles. The summed E-state index contributed by atoms with van der Waals surface area (Å²) >= 11 is 0. The normalized spacial score (nSPS) is 26.1. The van der Waals surface area contributed by atoms with Crippen molar-refractivity contribution in [2.75, 3.05) is 11.5 Å². The van der Waals surface area contributed by atoms with Crippen LogP contribution in [-0.2, 0) is 9.84 Å². The van der Waals surface area contributed by atoms with E-state index in [0.29, 0.717) is 18.1 Å². The molecule has 0 aromatic carbocycles. The summed E-state index contributed by atoms with van der Waals surface area (Å²) < 4.78 is 22.5. The van der Waals surface area contributed by atoms with Gasteiger partial charge in [-0.05, 0) is 31.1 Å². The number of aliphatic hydroxyl groups excluding tert-OH is 1. The average Bonchev–Trinajstić information content (AvgIpc) is 2.44. The molecule has 1 fully saturated rings. The van der Waals surface area contributed by atoms with Gasteiger partial charge in [-0.1, -0.05) is 26.7 Å². The first-order valence-electron chi connectivity index (χ1n) is 6.27. The SMILES string of the molecule is CC(C)CCCC(O)CC1CCS(=O)(=O)C1. The van der Waals surface area contributed by atoms with Crippen molar-refractivity contribution in [2.45, 2.75) is 52.1 Å². The molecule has 16 heavy (non-hydrogen) atoms. The zero-order chi connectivity index (χ0) is 12.2. The minimum absolute atomic E-state index is 0.194. The van der Waals surface area contributed by atoms with Gasteiger partial charge in [0, 0.05) is 0 Å². The van der Waals surface area contributed by atoms with Crippen molar-refractivity contribution in [3.8, 4) is 0 Å². The van der Waals surface area contributed by atoms with E-state index in [-0.39, 0.29) is 17.8 Å². The lowest BCUT2D eigenvalue weighted by Gasteiger charge is -2.14. The number of rotatable bonds is 6. The van der Waals surface area contributed by atoms with Gasteiger partial charge in [0.1, 0.15) is 0 Å². The summed E-state index contributed by atoms with van der Waals surface area (Å²) in [7, 11) is -2.79. The highest BCUT2D eigenvalue weighted by Gasteiger charge is 2.29. The minimum Gasteiger partial charge on any atom is -0.393 e. The van der Waals surface area contributed by atoms with Gasteiger partial charge < -0.3 is 5.11 Å². The molecule has 1 N–H and O–H groups in total. The second-order valence-electron chi connectivity index (χ2n) is 5.48. The fourth-order valence-corrected chi connectivity index (χ4v) is 4.20. The quantitative estimate of drug-likeness (QED) is 0.782. The van der Waals surface area contributed by atoms with Crippen LogP contribution in [0.25, 0.3) is 0 Å². The molecule has 0 amide bonds. The van der Waals surface area contributed by atoms with Crippen LogP contribution < -0.4 is 0 Å². The van der Waals surface area contributed by atoms with Crippen LogP contribution in [0.4, 0.5) is 0 Å². The average molecular weight is 248 g/mol. The third-order valence-electron chi connectivity index (χ3n) is 3.25. The predicted octanol–water partition coefficient (Wildman–Crippen LogP) is 2.00. The van der Waals surface area contributed by atoms with E-state index in [1.54, 1.807) is 0 Å². The molecule has 1 aliphatic heterocycles. The van der Waals surface area contributed by atoms with Crippen LogP contribution in [0, 0.1) is 11.8 Å². The smallest absolute Gasteiger partial charge is 0.150 e. The molecule has 0 aromatic heterocycles. The molecule has 1 heterocycles. The summed E-state index contributed by atoms with van der Waals surface area (Å²) in [5, 5.41) is 9.80. The first kappa shape index (κ1) is 14.0. The van der Waals surface area contributed by atoms with Gasteiger partial charge in [0.15, 0.2) is 9.84 Å². The van der Waals surface area contributed by atoms with Gasteiger partial charge in [0.25, 0.3) is 0 Å². The van der Waals surface area contributed by atoms with Crippen LogP contribution in [-0.4, -0.2) is 31.1 Å². The number of hydrogen-bond donors (Lipinski definition) is 1. The summed E-state index contributed by atoms with van der Waals surface area (Å²) in [5.74, 6) is 1.48. The molecule has 0 aliphatic carbocycles. The zero-order valence-electron chi connectivity index (χ0n) is 10.4. The molecular weight excluding hydrogens is 224 g/mol. The van der Waals surface area contributed by atoms with E-state index < -0.39 is 9.84 Å². The molecule has 1 rings (SSSR count). The minimum atomic E-state index is -2.79. The van der Waals surface area contributed by atoms with Crippen LogP contribution in [0.2, 0.25) is 0 Å². The Labute approximate surface area is 99.2 Å². The van der Waals surface area contributed by atoms with Crippen molar-refractivity contribution >= 4 is 9.84 Å². The lowest BCUT2D eigenvalue weighted by atomic mass is 9.96. The van der Waals surface area contributed by atoms with E-state index in [4.69, 9.17) is 0 Å². The van der Waals surface area contributed by atoms with Gasteiger partial charge in [-0.25, -0.2) is 8.42 Å². The molecule has 0 saturated carbocycles. The Morgan fingerprint density at radius 2 is 2.00 bits per heavy atom. The van der Waals surface area contributed by atoms with E-state index in [1.807, 2.05) is 0 Å². The first-order valence-corrected chi connectivity index (χ1v) is 8.09. The van der Waals surface area contributed by atoms with Crippen molar-refractivity contribution in [3.63, 3.8) is 0 Å². The molecule has 96 valence electrons. The Morgan fingerprint density at radius 3 is 2.50 bits per heavy atom. The summed E-state index contributed by atoms with van der Waals surface area (Å²) in [6.07, 6.45) is 4.09. The highest BCUT2D eigenvalue weighted by Crippen LogP contribution is 2.24. The highest BCUT2D eigenvalue weighted by molar-refractivity contribution is 7.91. The fraction of sp³-hybridized carbons (Fsp3) is 1.00. The maximum atomic E-state index is 11.2. The molecule has 0 aromatic rings. The van der Waals surface area contributed by atoms with Gasteiger partial charge in [0.05, 0.1) is 17.6 Å². The molecule has 2 unspecified atom stereocenters. The highest BCUT2D eigenvalue weighted by atomic mass is 32.2. The van der Waals surface area contributed by atoms with Crippen molar-refractivity contribution in [3.05, 3.63) is 0 Å². The molecule has 0 bridgehead atoms. The van der Waals surface area contributed by atoms with E-state index in [2.05, 4.69) is 13.8 Å². The monoisotopic (exact) mass is 248 g/mol. The molecule has 1 aliphatic rings. The third kappa shape index (κ3) is 5.30. The first-order chi connectivity index (χ1) is 7.39. The predicted molar refractivity (Wildman–Crippen MR) is 66.1 cm³/mol. The van der Waals surface area contributed by atoms with Gasteiger partial charge in [-0.3, -0.25) is 0 Å². The van der Waals surface area contributed by atoms with Crippen molar-refractivity contribution in [1.82, 2.24) is 0 Å².